The summed E-state index contributed by atoms with van der Waals surface area (Å²) in [5, 5.41) is 3.14. The molecule has 2 nitrogen and oxygen atoms in total. The molecular weight excluding hydrogens is 174 g/mol. The molecule has 0 spiro atoms. The Morgan fingerprint density at radius 2 is 2.21 bits per heavy atom. The number of benzene rings is 1. The number of hydrogen-bond acceptors (Lipinski definition) is 2. The highest BCUT2D eigenvalue weighted by molar-refractivity contribution is 5.27. The van der Waals surface area contributed by atoms with Crippen molar-refractivity contribution in [1.29, 1.82) is 0 Å². The van der Waals surface area contributed by atoms with Gasteiger partial charge in [-0.2, -0.15) is 0 Å². The molecule has 0 aliphatic carbocycles. The van der Waals surface area contributed by atoms with Crippen LogP contribution in [0.3, 0.4) is 0 Å². The van der Waals surface area contributed by atoms with Crippen LogP contribution in [-0.2, 0) is 0 Å². The third-order valence-corrected chi connectivity index (χ3v) is 2.08. The van der Waals surface area contributed by atoms with Gasteiger partial charge in [0.25, 0.3) is 0 Å². The highest BCUT2D eigenvalue weighted by Gasteiger charge is 2.01. The van der Waals surface area contributed by atoms with Crippen molar-refractivity contribution in [3.63, 3.8) is 0 Å². The van der Waals surface area contributed by atoms with E-state index in [2.05, 4.69) is 31.3 Å². The van der Waals surface area contributed by atoms with Gasteiger partial charge in [-0.1, -0.05) is 19.1 Å². The summed E-state index contributed by atoms with van der Waals surface area (Å²) in [6.07, 6.45) is 0. The molecule has 1 N–H and O–H groups in total. The maximum Gasteiger partial charge on any atom is 0.119 e. The summed E-state index contributed by atoms with van der Waals surface area (Å²) in [4.78, 5) is 0. The molecule has 1 aromatic carbocycles. The lowest BCUT2D eigenvalue weighted by atomic mass is 10.2. The van der Waals surface area contributed by atoms with Gasteiger partial charge in [0.2, 0.25) is 0 Å². The zero-order chi connectivity index (χ0) is 10.4. The van der Waals surface area contributed by atoms with E-state index in [1.54, 1.807) is 0 Å². The first-order chi connectivity index (χ1) is 6.72. The molecule has 1 aromatic rings. The van der Waals surface area contributed by atoms with Gasteiger partial charge in [-0.05, 0) is 31.7 Å². The second-order valence-electron chi connectivity index (χ2n) is 3.79. The zero-order valence-corrected chi connectivity index (χ0v) is 9.21. The van der Waals surface area contributed by atoms with Gasteiger partial charge in [-0.3, -0.25) is 0 Å². The van der Waals surface area contributed by atoms with Gasteiger partial charge in [-0.15, -0.1) is 0 Å². The maximum atomic E-state index is 5.66. The molecule has 0 aliphatic heterocycles. The smallest absolute Gasteiger partial charge is 0.119 e. The normalized spacial score (nSPS) is 12.5. The molecule has 0 saturated carbocycles. The molecule has 0 heterocycles. The minimum Gasteiger partial charge on any atom is -0.493 e. The summed E-state index contributed by atoms with van der Waals surface area (Å²) in [5.74, 6) is 1.51. The van der Waals surface area contributed by atoms with Crippen LogP contribution >= 0.6 is 0 Å². The summed E-state index contributed by atoms with van der Waals surface area (Å²) < 4.78 is 5.66. The largest absolute Gasteiger partial charge is 0.493 e. The van der Waals surface area contributed by atoms with Gasteiger partial charge in [0.05, 0.1) is 6.61 Å². The number of nitrogens with one attached hydrogen (secondary N) is 1. The predicted molar refractivity (Wildman–Crippen MR) is 59.8 cm³/mol. The van der Waals surface area contributed by atoms with Crippen molar-refractivity contribution >= 4 is 0 Å². The molecule has 0 aliphatic rings. The lowest BCUT2D eigenvalue weighted by molar-refractivity contribution is 0.258. The summed E-state index contributed by atoms with van der Waals surface area (Å²) in [6, 6.07) is 8.16. The van der Waals surface area contributed by atoms with E-state index in [1.165, 1.54) is 5.56 Å². The number of hydrogen-bond donors (Lipinski definition) is 1. The van der Waals surface area contributed by atoms with Crippen LogP contribution in [0.5, 0.6) is 5.75 Å². The fourth-order valence-corrected chi connectivity index (χ4v) is 1.35. The first-order valence-electron chi connectivity index (χ1n) is 5.06. The third-order valence-electron chi connectivity index (χ3n) is 2.08. The SMILES string of the molecule is CNCC(C)COc1cccc(C)c1. The Kier molecular flexibility index (Phi) is 4.47. The maximum absolute atomic E-state index is 5.66. The van der Waals surface area contributed by atoms with Crippen LogP contribution in [0.1, 0.15) is 12.5 Å². The van der Waals surface area contributed by atoms with Crippen molar-refractivity contribution in [3.05, 3.63) is 29.8 Å². The van der Waals surface area contributed by atoms with Crippen LogP contribution in [-0.4, -0.2) is 20.2 Å². The molecule has 1 rings (SSSR count). The lowest BCUT2D eigenvalue weighted by Crippen LogP contribution is -2.21. The summed E-state index contributed by atoms with van der Waals surface area (Å²) >= 11 is 0. The van der Waals surface area contributed by atoms with Gasteiger partial charge in [0.1, 0.15) is 5.75 Å². The second kappa shape index (κ2) is 5.66. The average molecular weight is 193 g/mol. The Morgan fingerprint density at radius 3 is 2.86 bits per heavy atom. The topological polar surface area (TPSA) is 21.3 Å². The fraction of sp³-hybridized carbons (Fsp3) is 0.500. The van der Waals surface area contributed by atoms with Gasteiger partial charge in [0.15, 0.2) is 0 Å². The molecule has 78 valence electrons. The quantitative estimate of drug-likeness (QED) is 0.774. The fourth-order valence-electron chi connectivity index (χ4n) is 1.35. The molecule has 14 heavy (non-hydrogen) atoms. The standard InChI is InChI=1S/C12H19NO/c1-10-5-4-6-12(7-10)14-9-11(2)8-13-3/h4-7,11,13H,8-9H2,1-3H3. The van der Waals surface area contributed by atoms with Gasteiger partial charge in [-0.25, -0.2) is 0 Å². The summed E-state index contributed by atoms with van der Waals surface area (Å²) in [5.41, 5.74) is 1.24. The van der Waals surface area contributed by atoms with Crippen LogP contribution in [0, 0.1) is 12.8 Å². The Hall–Kier alpha value is -1.02. The highest BCUT2D eigenvalue weighted by Crippen LogP contribution is 2.13. The van der Waals surface area contributed by atoms with Crippen molar-refractivity contribution < 1.29 is 4.74 Å². The van der Waals surface area contributed by atoms with E-state index >= 15 is 0 Å². The molecule has 0 aromatic heterocycles. The van der Waals surface area contributed by atoms with Crippen LogP contribution < -0.4 is 10.1 Å². The molecule has 1 unspecified atom stereocenters. The van der Waals surface area contributed by atoms with Gasteiger partial charge >= 0.3 is 0 Å². The highest BCUT2D eigenvalue weighted by atomic mass is 16.5. The van der Waals surface area contributed by atoms with Crippen LogP contribution in [0.15, 0.2) is 24.3 Å². The lowest BCUT2D eigenvalue weighted by Gasteiger charge is -2.12. The first-order valence-corrected chi connectivity index (χ1v) is 5.06. The number of ether oxygens (including phenoxy) is 1. The predicted octanol–water partition coefficient (Wildman–Crippen LogP) is 2.23. The number of rotatable bonds is 5. The van der Waals surface area contributed by atoms with E-state index in [1.807, 2.05) is 19.2 Å². The Bertz CT molecular complexity index is 273. The van der Waals surface area contributed by atoms with Crippen LogP contribution in [0.25, 0.3) is 0 Å². The molecule has 0 bridgehead atoms. The molecular formula is C12H19NO. The van der Waals surface area contributed by atoms with E-state index < -0.39 is 0 Å². The minimum atomic E-state index is 0.542. The van der Waals surface area contributed by atoms with E-state index in [0.29, 0.717) is 5.92 Å². The van der Waals surface area contributed by atoms with E-state index in [9.17, 15) is 0 Å². The monoisotopic (exact) mass is 193 g/mol. The summed E-state index contributed by atoms with van der Waals surface area (Å²) in [6.45, 7) is 6.01. The molecule has 0 saturated heterocycles. The van der Waals surface area contributed by atoms with Crippen molar-refractivity contribution in [2.45, 2.75) is 13.8 Å². The zero-order valence-electron chi connectivity index (χ0n) is 9.21. The third kappa shape index (κ3) is 3.79. The van der Waals surface area contributed by atoms with E-state index in [0.717, 1.165) is 18.9 Å². The Balaban J connectivity index is 2.37. The van der Waals surface area contributed by atoms with Crippen LogP contribution in [0.2, 0.25) is 0 Å². The molecule has 0 radical (unpaired) electrons. The minimum absolute atomic E-state index is 0.542. The molecule has 1 atom stereocenters. The Labute approximate surface area is 86.3 Å². The second-order valence-corrected chi connectivity index (χ2v) is 3.79. The van der Waals surface area contributed by atoms with E-state index in [4.69, 9.17) is 4.74 Å². The van der Waals surface area contributed by atoms with E-state index in [-0.39, 0.29) is 0 Å². The van der Waals surface area contributed by atoms with Crippen molar-refractivity contribution in [3.8, 4) is 5.75 Å². The molecule has 2 heteroatoms. The average Bonchev–Trinajstić information content (AvgIpc) is 2.15. The number of aryl methyl sites for hydroxylation is 1. The molecule has 0 fully saturated rings. The summed E-state index contributed by atoms with van der Waals surface area (Å²) in [7, 11) is 1.96. The van der Waals surface area contributed by atoms with Gasteiger partial charge in [0, 0.05) is 12.5 Å². The van der Waals surface area contributed by atoms with Crippen molar-refractivity contribution in [1.82, 2.24) is 5.32 Å². The molecule has 0 amide bonds. The Morgan fingerprint density at radius 1 is 1.43 bits per heavy atom. The van der Waals surface area contributed by atoms with Gasteiger partial charge < -0.3 is 10.1 Å². The van der Waals surface area contributed by atoms with Crippen molar-refractivity contribution in [2.24, 2.45) is 5.92 Å². The van der Waals surface area contributed by atoms with Crippen LogP contribution in [0.4, 0.5) is 0 Å². The first kappa shape index (κ1) is 11.1. The van der Waals surface area contributed by atoms with Crippen molar-refractivity contribution in [2.75, 3.05) is 20.2 Å².